The van der Waals surface area contributed by atoms with Crippen LogP contribution in [-0.4, -0.2) is 40.8 Å². The van der Waals surface area contributed by atoms with Gasteiger partial charge in [0.2, 0.25) is 5.91 Å². The van der Waals surface area contributed by atoms with E-state index in [1.54, 1.807) is 60.6 Å². The number of nitrogens with zero attached hydrogens (tertiary/aromatic N) is 4. The Labute approximate surface area is 223 Å². The van der Waals surface area contributed by atoms with Gasteiger partial charge < -0.3 is 9.47 Å². The maximum Gasteiger partial charge on any atom is 0.362 e. The van der Waals surface area contributed by atoms with Crippen LogP contribution in [0.1, 0.15) is 22.1 Å². The molecular formula is C29H24N4O6. The molecule has 0 unspecified atom stereocenters. The lowest BCUT2D eigenvalue weighted by atomic mass is 9.90. The van der Waals surface area contributed by atoms with Crippen molar-refractivity contribution in [3.05, 3.63) is 102 Å². The van der Waals surface area contributed by atoms with Gasteiger partial charge in [0.25, 0.3) is 5.91 Å². The lowest BCUT2D eigenvalue weighted by Crippen LogP contribution is -2.37. The van der Waals surface area contributed by atoms with Gasteiger partial charge in [-0.05, 0) is 48.0 Å². The molecule has 2 fully saturated rings. The molecule has 2 aliphatic rings. The van der Waals surface area contributed by atoms with E-state index in [2.05, 4.69) is 5.10 Å². The minimum Gasteiger partial charge on any atom is -0.493 e. The fourth-order valence-electron chi connectivity index (χ4n) is 5.06. The quantitative estimate of drug-likeness (QED) is 0.214. The minimum atomic E-state index is -1.00. The van der Waals surface area contributed by atoms with E-state index in [1.165, 1.54) is 22.9 Å². The van der Waals surface area contributed by atoms with Crippen molar-refractivity contribution in [3.63, 3.8) is 0 Å². The molecular weight excluding hydrogens is 500 g/mol. The van der Waals surface area contributed by atoms with Crippen molar-refractivity contribution in [1.82, 2.24) is 9.78 Å². The molecule has 10 nitrogen and oxygen atoms in total. The molecule has 0 bridgehead atoms. The number of aromatic nitrogens is 2. The normalized spacial score (nSPS) is 20.3. The highest BCUT2D eigenvalue weighted by Crippen LogP contribution is 2.48. The summed E-state index contributed by atoms with van der Waals surface area (Å²) in [6.07, 6.45) is 0.501. The average molecular weight is 525 g/mol. The van der Waals surface area contributed by atoms with Gasteiger partial charge in [-0.3, -0.25) is 19.1 Å². The van der Waals surface area contributed by atoms with Crippen LogP contribution < -0.4 is 19.4 Å². The number of amides is 2. The number of hydroxylamine groups is 1. The van der Waals surface area contributed by atoms with Crippen LogP contribution in [0.15, 0.2) is 91.1 Å². The zero-order valence-corrected chi connectivity index (χ0v) is 21.1. The fourth-order valence-corrected chi connectivity index (χ4v) is 5.06. The number of rotatable bonds is 6. The van der Waals surface area contributed by atoms with Crippen molar-refractivity contribution in [2.24, 2.45) is 13.0 Å². The Morgan fingerprint density at radius 3 is 2.21 bits per heavy atom. The second kappa shape index (κ2) is 9.73. The van der Waals surface area contributed by atoms with Gasteiger partial charge in [-0.2, -0.15) is 5.10 Å². The summed E-state index contributed by atoms with van der Waals surface area (Å²) in [6.45, 7) is 0. The molecule has 0 saturated carbocycles. The topological polar surface area (TPSA) is 103 Å². The molecule has 10 heteroatoms. The van der Waals surface area contributed by atoms with Crippen LogP contribution in [0.4, 0.5) is 11.4 Å². The standard InChI is InChI=1S/C29H24N4O6/c1-31-21(15-16-30-31)29(36)38-22-14-13-18(17-23(22)37-2)25-24-26(39-33(25)20-11-7-4-8-12-20)28(35)32(27(24)34)19-9-5-3-6-10-19/h3-17,24-26H,1-2H3/t24-,25-,26+/m1/s1. The van der Waals surface area contributed by atoms with Crippen molar-refractivity contribution < 1.29 is 28.7 Å². The van der Waals surface area contributed by atoms with E-state index in [0.717, 1.165) is 0 Å². The first-order valence-electron chi connectivity index (χ1n) is 12.3. The van der Waals surface area contributed by atoms with Crippen molar-refractivity contribution in [2.75, 3.05) is 17.1 Å². The predicted octanol–water partition coefficient (Wildman–Crippen LogP) is 3.70. The summed E-state index contributed by atoms with van der Waals surface area (Å²) in [5.74, 6) is -1.69. The number of esters is 1. The lowest BCUT2D eigenvalue weighted by Gasteiger charge is -2.29. The van der Waals surface area contributed by atoms with Crippen LogP contribution in [0.2, 0.25) is 0 Å². The second-order valence-electron chi connectivity index (χ2n) is 9.15. The van der Waals surface area contributed by atoms with E-state index < -0.39 is 29.9 Å². The third-order valence-electron chi connectivity index (χ3n) is 6.90. The Morgan fingerprint density at radius 1 is 0.872 bits per heavy atom. The largest absolute Gasteiger partial charge is 0.493 e. The summed E-state index contributed by atoms with van der Waals surface area (Å²) in [7, 11) is 3.11. The number of carbonyl (C=O) groups is 3. The zero-order chi connectivity index (χ0) is 27.1. The molecule has 3 aromatic carbocycles. The first kappa shape index (κ1) is 24.4. The number of benzene rings is 3. The maximum absolute atomic E-state index is 13.8. The highest BCUT2D eigenvalue weighted by molar-refractivity contribution is 6.23. The molecule has 2 aliphatic heterocycles. The fraction of sp³-hybridized carbons (Fsp3) is 0.172. The van der Waals surface area contributed by atoms with Gasteiger partial charge >= 0.3 is 5.97 Å². The van der Waals surface area contributed by atoms with E-state index in [1.807, 2.05) is 36.4 Å². The third kappa shape index (κ3) is 4.11. The summed E-state index contributed by atoms with van der Waals surface area (Å²) in [5.41, 5.74) is 2.11. The van der Waals surface area contributed by atoms with Gasteiger partial charge in [-0.1, -0.05) is 42.5 Å². The molecule has 1 aromatic heterocycles. The summed E-state index contributed by atoms with van der Waals surface area (Å²) in [5, 5.41) is 5.60. The van der Waals surface area contributed by atoms with Crippen LogP contribution in [0.3, 0.4) is 0 Å². The Balaban J connectivity index is 1.38. The van der Waals surface area contributed by atoms with Crippen molar-refractivity contribution >= 4 is 29.2 Å². The van der Waals surface area contributed by atoms with Crippen molar-refractivity contribution in [1.29, 1.82) is 0 Å². The summed E-state index contributed by atoms with van der Waals surface area (Å²) >= 11 is 0. The highest BCUT2D eigenvalue weighted by Gasteiger charge is 2.60. The Kier molecular flexibility index (Phi) is 6.08. The van der Waals surface area contributed by atoms with E-state index in [9.17, 15) is 14.4 Å². The van der Waals surface area contributed by atoms with Crippen LogP contribution in [0.25, 0.3) is 0 Å². The Hall–Kier alpha value is -4.96. The van der Waals surface area contributed by atoms with Crippen LogP contribution in [-0.2, 0) is 21.5 Å². The summed E-state index contributed by atoms with van der Waals surface area (Å²) in [6, 6.07) is 24.0. The number of hydrogen-bond acceptors (Lipinski definition) is 8. The molecule has 3 atom stereocenters. The van der Waals surface area contributed by atoms with E-state index in [4.69, 9.17) is 14.3 Å². The first-order chi connectivity index (χ1) is 19.0. The molecule has 0 spiro atoms. The molecule has 6 rings (SSSR count). The summed E-state index contributed by atoms with van der Waals surface area (Å²) < 4.78 is 12.6. The second-order valence-corrected chi connectivity index (χ2v) is 9.15. The molecule has 196 valence electrons. The number of anilines is 2. The van der Waals surface area contributed by atoms with E-state index >= 15 is 0 Å². The first-order valence-corrected chi connectivity index (χ1v) is 12.3. The minimum absolute atomic E-state index is 0.203. The number of carbonyl (C=O) groups excluding carboxylic acids is 3. The monoisotopic (exact) mass is 524 g/mol. The van der Waals surface area contributed by atoms with Gasteiger partial charge in [0.15, 0.2) is 17.6 Å². The molecule has 2 saturated heterocycles. The Morgan fingerprint density at radius 2 is 1.56 bits per heavy atom. The van der Waals surface area contributed by atoms with E-state index in [0.29, 0.717) is 16.9 Å². The SMILES string of the molecule is COc1cc([C@@H]2[C@H]3C(=O)N(c4ccccc4)C(=O)[C@H]3ON2c2ccccc2)ccc1OC(=O)c1ccnn1C. The average Bonchev–Trinajstić information content (AvgIpc) is 3.64. The number of aryl methyl sites for hydroxylation is 1. The van der Waals surface area contributed by atoms with Gasteiger partial charge in [0.1, 0.15) is 11.6 Å². The molecule has 4 aromatic rings. The lowest BCUT2D eigenvalue weighted by molar-refractivity contribution is -0.126. The molecule has 3 heterocycles. The molecule has 2 amide bonds. The van der Waals surface area contributed by atoms with Crippen LogP contribution in [0, 0.1) is 5.92 Å². The van der Waals surface area contributed by atoms with Crippen molar-refractivity contribution in [2.45, 2.75) is 12.1 Å². The number of ether oxygens (including phenoxy) is 2. The number of hydrogen-bond donors (Lipinski definition) is 0. The van der Waals surface area contributed by atoms with Crippen molar-refractivity contribution in [3.8, 4) is 11.5 Å². The highest BCUT2D eigenvalue weighted by atomic mass is 16.7. The van der Waals surface area contributed by atoms with E-state index in [-0.39, 0.29) is 23.1 Å². The molecule has 0 aliphatic carbocycles. The Bertz CT molecular complexity index is 1550. The van der Waals surface area contributed by atoms with Gasteiger partial charge in [0.05, 0.1) is 24.5 Å². The van der Waals surface area contributed by atoms with Crippen LogP contribution in [0.5, 0.6) is 11.5 Å². The predicted molar refractivity (Wildman–Crippen MR) is 140 cm³/mol. The number of imide groups is 1. The van der Waals surface area contributed by atoms with Gasteiger partial charge in [0, 0.05) is 13.2 Å². The molecule has 0 N–H and O–H groups in total. The third-order valence-corrected chi connectivity index (χ3v) is 6.90. The molecule has 39 heavy (non-hydrogen) atoms. The van der Waals surface area contributed by atoms with Crippen LogP contribution >= 0.6 is 0 Å². The van der Waals surface area contributed by atoms with Gasteiger partial charge in [-0.25, -0.2) is 14.8 Å². The smallest absolute Gasteiger partial charge is 0.362 e. The number of para-hydroxylation sites is 2. The molecule has 0 radical (unpaired) electrons. The number of fused-ring (bicyclic) bond motifs is 1. The van der Waals surface area contributed by atoms with Gasteiger partial charge in [-0.15, -0.1) is 0 Å². The maximum atomic E-state index is 13.8. The number of methoxy groups -OCH3 is 1. The summed E-state index contributed by atoms with van der Waals surface area (Å²) in [4.78, 5) is 47.3. The zero-order valence-electron chi connectivity index (χ0n) is 21.1.